The van der Waals surface area contributed by atoms with Crippen LogP contribution >= 0.6 is 0 Å². The molecule has 0 aliphatic carbocycles. The van der Waals surface area contributed by atoms with Crippen LogP contribution in [0.5, 0.6) is 23.0 Å². The molecule has 0 aliphatic rings. The van der Waals surface area contributed by atoms with E-state index in [0.717, 1.165) is 33.0 Å². The van der Waals surface area contributed by atoms with Crippen molar-refractivity contribution in [3.8, 4) is 23.0 Å². The lowest BCUT2D eigenvalue weighted by Crippen LogP contribution is -1.97. The highest BCUT2D eigenvalue weighted by atomic mass is 16.3. The molecular weight excluding hydrogens is 352 g/mol. The summed E-state index contributed by atoms with van der Waals surface area (Å²) in [6.07, 6.45) is 0.997. The highest BCUT2D eigenvalue weighted by molar-refractivity contribution is 5.90. The number of benzene rings is 4. The number of aromatic hydroxyl groups is 4. The van der Waals surface area contributed by atoms with Crippen LogP contribution in [-0.2, 0) is 12.8 Å². The molecule has 0 radical (unpaired) electrons. The standard InChI is InChI=1S/C24H20O4/c25-19-5-1-15(2-6-19)11-18-13-17-14-21(27)9-10-22(17)23(24(18)28)12-16-3-7-20(26)8-4-16/h1-10,13-14,25-28H,11-12H2. The maximum atomic E-state index is 11.0. The van der Waals surface area contributed by atoms with Crippen LogP contribution in [0.1, 0.15) is 22.3 Å². The highest BCUT2D eigenvalue weighted by Crippen LogP contribution is 2.36. The molecule has 0 saturated carbocycles. The van der Waals surface area contributed by atoms with Crippen molar-refractivity contribution in [1.82, 2.24) is 0 Å². The average Bonchev–Trinajstić information content (AvgIpc) is 2.68. The van der Waals surface area contributed by atoms with Gasteiger partial charge in [0.15, 0.2) is 0 Å². The van der Waals surface area contributed by atoms with Crippen LogP contribution in [0.25, 0.3) is 10.8 Å². The third-order valence-corrected chi connectivity index (χ3v) is 4.93. The Bertz CT molecular complexity index is 1130. The van der Waals surface area contributed by atoms with E-state index in [0.29, 0.717) is 12.8 Å². The quantitative estimate of drug-likeness (QED) is 0.413. The lowest BCUT2D eigenvalue weighted by Gasteiger charge is -2.15. The second-order valence-electron chi connectivity index (χ2n) is 6.95. The monoisotopic (exact) mass is 372 g/mol. The molecule has 0 aromatic heterocycles. The molecule has 0 aliphatic heterocycles. The van der Waals surface area contributed by atoms with Crippen LogP contribution in [0.2, 0.25) is 0 Å². The summed E-state index contributed by atoms with van der Waals surface area (Å²) in [6, 6.07) is 20.8. The van der Waals surface area contributed by atoms with Crippen molar-refractivity contribution in [2.75, 3.05) is 0 Å². The Hall–Kier alpha value is -3.66. The van der Waals surface area contributed by atoms with Crippen LogP contribution in [0, 0.1) is 0 Å². The SMILES string of the molecule is Oc1ccc(Cc2cc3cc(O)ccc3c(Cc3ccc(O)cc3)c2O)cc1. The average molecular weight is 372 g/mol. The van der Waals surface area contributed by atoms with E-state index in [1.807, 2.05) is 36.4 Å². The molecule has 28 heavy (non-hydrogen) atoms. The van der Waals surface area contributed by atoms with Gasteiger partial charge in [-0.05, 0) is 69.9 Å². The number of rotatable bonds is 4. The fourth-order valence-corrected chi connectivity index (χ4v) is 3.49. The normalized spacial score (nSPS) is 11.0. The van der Waals surface area contributed by atoms with Gasteiger partial charge in [-0.3, -0.25) is 0 Å². The molecule has 0 spiro atoms. The zero-order chi connectivity index (χ0) is 19.7. The molecule has 0 fully saturated rings. The summed E-state index contributed by atoms with van der Waals surface area (Å²) < 4.78 is 0. The lowest BCUT2D eigenvalue weighted by atomic mass is 9.92. The molecule has 0 atom stereocenters. The molecule has 0 unspecified atom stereocenters. The van der Waals surface area contributed by atoms with E-state index < -0.39 is 0 Å². The predicted molar refractivity (Wildman–Crippen MR) is 109 cm³/mol. The fourth-order valence-electron chi connectivity index (χ4n) is 3.49. The first-order chi connectivity index (χ1) is 13.5. The second kappa shape index (κ2) is 7.16. The number of phenols is 4. The van der Waals surface area contributed by atoms with Crippen molar-refractivity contribution < 1.29 is 20.4 Å². The van der Waals surface area contributed by atoms with E-state index in [-0.39, 0.29) is 23.0 Å². The summed E-state index contributed by atoms with van der Waals surface area (Å²) in [5.74, 6) is 0.789. The zero-order valence-corrected chi connectivity index (χ0v) is 15.1. The van der Waals surface area contributed by atoms with Crippen LogP contribution < -0.4 is 0 Å². The number of phenolic OH excluding ortho intramolecular Hbond substituents is 4. The first kappa shape index (κ1) is 17.7. The van der Waals surface area contributed by atoms with Crippen molar-refractivity contribution in [2.24, 2.45) is 0 Å². The summed E-state index contributed by atoms with van der Waals surface area (Å²) in [7, 11) is 0. The summed E-state index contributed by atoms with van der Waals surface area (Å²) in [5, 5.41) is 41.6. The van der Waals surface area contributed by atoms with Gasteiger partial charge >= 0.3 is 0 Å². The van der Waals surface area contributed by atoms with Gasteiger partial charge in [0, 0.05) is 18.4 Å². The molecule has 4 heteroatoms. The lowest BCUT2D eigenvalue weighted by molar-refractivity contribution is 0.464. The molecular formula is C24H20O4. The molecule has 0 bridgehead atoms. The Kier molecular flexibility index (Phi) is 4.53. The van der Waals surface area contributed by atoms with Crippen molar-refractivity contribution in [2.45, 2.75) is 12.8 Å². The largest absolute Gasteiger partial charge is 0.508 e. The Morgan fingerprint density at radius 1 is 0.536 bits per heavy atom. The number of fused-ring (bicyclic) bond motifs is 1. The first-order valence-electron chi connectivity index (χ1n) is 9.02. The molecule has 0 saturated heterocycles. The number of hydrogen-bond acceptors (Lipinski definition) is 4. The van der Waals surface area contributed by atoms with E-state index >= 15 is 0 Å². The minimum absolute atomic E-state index is 0.171. The smallest absolute Gasteiger partial charge is 0.123 e. The van der Waals surface area contributed by atoms with E-state index in [1.165, 1.54) is 0 Å². The van der Waals surface area contributed by atoms with Crippen molar-refractivity contribution in [3.05, 3.63) is 95.1 Å². The van der Waals surface area contributed by atoms with Crippen molar-refractivity contribution in [1.29, 1.82) is 0 Å². The topological polar surface area (TPSA) is 80.9 Å². The molecule has 4 aromatic rings. The molecule has 4 aromatic carbocycles. The Morgan fingerprint density at radius 3 is 1.68 bits per heavy atom. The van der Waals surface area contributed by atoms with Gasteiger partial charge in [-0.2, -0.15) is 0 Å². The van der Waals surface area contributed by atoms with E-state index in [2.05, 4.69) is 0 Å². The van der Waals surface area contributed by atoms with Crippen LogP contribution in [-0.4, -0.2) is 20.4 Å². The minimum atomic E-state index is 0.171. The predicted octanol–water partition coefficient (Wildman–Crippen LogP) is 4.84. The van der Waals surface area contributed by atoms with Gasteiger partial charge in [0.1, 0.15) is 23.0 Å². The van der Waals surface area contributed by atoms with Gasteiger partial charge in [0.05, 0.1) is 0 Å². The van der Waals surface area contributed by atoms with Crippen molar-refractivity contribution in [3.63, 3.8) is 0 Å². The summed E-state index contributed by atoms with van der Waals surface area (Å²) in [5.41, 5.74) is 3.45. The molecule has 0 amide bonds. The third kappa shape index (κ3) is 3.58. The summed E-state index contributed by atoms with van der Waals surface area (Å²) in [4.78, 5) is 0. The van der Waals surface area contributed by atoms with Gasteiger partial charge in [-0.1, -0.05) is 30.3 Å². The Labute approximate surface area is 162 Å². The molecule has 4 N–H and O–H groups in total. The van der Waals surface area contributed by atoms with E-state index in [1.54, 1.807) is 36.4 Å². The van der Waals surface area contributed by atoms with Gasteiger partial charge in [-0.15, -0.1) is 0 Å². The third-order valence-electron chi connectivity index (χ3n) is 4.93. The first-order valence-corrected chi connectivity index (χ1v) is 9.02. The zero-order valence-electron chi connectivity index (χ0n) is 15.1. The molecule has 140 valence electrons. The van der Waals surface area contributed by atoms with Crippen LogP contribution in [0.3, 0.4) is 0 Å². The van der Waals surface area contributed by atoms with Crippen LogP contribution in [0.15, 0.2) is 72.8 Å². The summed E-state index contributed by atoms with van der Waals surface area (Å²) in [6.45, 7) is 0. The molecule has 4 nitrogen and oxygen atoms in total. The number of hydrogen-bond donors (Lipinski definition) is 4. The van der Waals surface area contributed by atoms with Gasteiger partial charge in [0.2, 0.25) is 0 Å². The maximum Gasteiger partial charge on any atom is 0.123 e. The van der Waals surface area contributed by atoms with Gasteiger partial charge < -0.3 is 20.4 Å². The summed E-state index contributed by atoms with van der Waals surface area (Å²) >= 11 is 0. The van der Waals surface area contributed by atoms with Gasteiger partial charge in [-0.25, -0.2) is 0 Å². The van der Waals surface area contributed by atoms with Gasteiger partial charge in [0.25, 0.3) is 0 Å². The second-order valence-corrected chi connectivity index (χ2v) is 6.95. The minimum Gasteiger partial charge on any atom is -0.508 e. The van der Waals surface area contributed by atoms with Crippen molar-refractivity contribution >= 4 is 10.8 Å². The highest BCUT2D eigenvalue weighted by Gasteiger charge is 2.14. The van der Waals surface area contributed by atoms with E-state index in [9.17, 15) is 20.4 Å². The molecule has 4 rings (SSSR count). The Morgan fingerprint density at radius 2 is 1.07 bits per heavy atom. The van der Waals surface area contributed by atoms with E-state index in [4.69, 9.17) is 0 Å². The Balaban J connectivity index is 1.82. The molecule has 0 heterocycles. The van der Waals surface area contributed by atoms with Crippen LogP contribution in [0.4, 0.5) is 0 Å². The maximum absolute atomic E-state index is 11.0. The fraction of sp³-hybridized carbons (Fsp3) is 0.0833.